The molecule has 140 valence electrons. The molecule has 1 unspecified atom stereocenters. The van der Waals surface area contributed by atoms with Crippen LogP contribution in [0.15, 0.2) is 18.6 Å². The minimum Gasteiger partial charge on any atom is -0.466 e. The highest BCUT2D eigenvalue weighted by atomic mass is 16.5. The molecule has 1 aliphatic heterocycles. The summed E-state index contributed by atoms with van der Waals surface area (Å²) in [6.07, 6.45) is 8.33. The molecular weight excluding hydrogens is 336 g/mol. The van der Waals surface area contributed by atoms with Gasteiger partial charge in [0.05, 0.1) is 19.2 Å². The monoisotopic (exact) mass is 360 g/mol. The molecule has 2 aromatic heterocycles. The fraction of sp³-hybridized carbons (Fsp3) is 0.556. The van der Waals surface area contributed by atoms with Crippen molar-refractivity contribution < 1.29 is 19.4 Å². The number of hydrogen-bond acceptors (Lipinski definition) is 6. The Morgan fingerprint density at radius 3 is 2.96 bits per heavy atom. The van der Waals surface area contributed by atoms with Gasteiger partial charge in [0.1, 0.15) is 5.56 Å². The molecule has 26 heavy (non-hydrogen) atoms. The first-order chi connectivity index (χ1) is 12.6. The number of amides is 1. The number of carbonyl (C=O) groups is 2. The quantitative estimate of drug-likeness (QED) is 0.778. The van der Waals surface area contributed by atoms with Crippen molar-refractivity contribution in [2.24, 2.45) is 0 Å². The molecule has 1 aliphatic rings. The molecule has 1 N–H and O–H groups in total. The maximum atomic E-state index is 13.1. The van der Waals surface area contributed by atoms with Gasteiger partial charge in [0, 0.05) is 31.6 Å². The average Bonchev–Trinajstić information content (AvgIpc) is 3.05. The number of piperidine rings is 1. The van der Waals surface area contributed by atoms with Crippen molar-refractivity contribution in [2.45, 2.75) is 45.1 Å². The zero-order valence-corrected chi connectivity index (χ0v) is 14.9. The summed E-state index contributed by atoms with van der Waals surface area (Å²) in [7, 11) is 0. The molecule has 1 amide bonds. The third kappa shape index (κ3) is 3.85. The second kappa shape index (κ2) is 8.27. The van der Waals surface area contributed by atoms with Gasteiger partial charge in [0.2, 0.25) is 0 Å². The average molecular weight is 360 g/mol. The normalized spacial score (nSPS) is 17.5. The molecular formula is C18H24N4O4. The third-order valence-electron chi connectivity index (χ3n) is 4.64. The van der Waals surface area contributed by atoms with E-state index in [0.717, 1.165) is 24.8 Å². The van der Waals surface area contributed by atoms with E-state index in [1.165, 1.54) is 6.20 Å². The van der Waals surface area contributed by atoms with E-state index in [4.69, 9.17) is 9.84 Å². The molecule has 2 aromatic rings. The highest BCUT2D eigenvalue weighted by molar-refractivity contribution is 6.00. The summed E-state index contributed by atoms with van der Waals surface area (Å²) in [6.45, 7) is 2.76. The Labute approximate surface area is 151 Å². The lowest BCUT2D eigenvalue weighted by molar-refractivity contribution is -0.144. The van der Waals surface area contributed by atoms with Crippen LogP contribution in [0.2, 0.25) is 0 Å². The number of nitrogens with zero attached hydrogens (tertiary/aromatic N) is 4. The summed E-state index contributed by atoms with van der Waals surface area (Å²) >= 11 is 0. The Bertz CT molecular complexity index is 789. The van der Waals surface area contributed by atoms with E-state index in [1.54, 1.807) is 28.7 Å². The number of fused-ring (bicyclic) bond motifs is 1. The summed E-state index contributed by atoms with van der Waals surface area (Å²) in [6, 6.07) is -0.154. The van der Waals surface area contributed by atoms with Gasteiger partial charge in [-0.15, -0.1) is 0 Å². The summed E-state index contributed by atoms with van der Waals surface area (Å²) in [5.41, 5.74) is 1.76. The Balaban J connectivity index is 1.82. The second-order valence-electron chi connectivity index (χ2n) is 6.42. The highest BCUT2D eigenvalue weighted by Gasteiger charge is 2.31. The van der Waals surface area contributed by atoms with E-state index in [1.807, 2.05) is 0 Å². The number of esters is 1. The lowest BCUT2D eigenvalue weighted by Gasteiger charge is -2.35. The number of aliphatic hydroxyl groups is 1. The predicted molar refractivity (Wildman–Crippen MR) is 93.7 cm³/mol. The van der Waals surface area contributed by atoms with Gasteiger partial charge in [-0.3, -0.25) is 9.59 Å². The maximum Gasteiger partial charge on any atom is 0.307 e. The molecule has 3 heterocycles. The summed E-state index contributed by atoms with van der Waals surface area (Å²) in [5.74, 6) is -0.430. The van der Waals surface area contributed by atoms with Crippen LogP contribution in [-0.4, -0.2) is 62.3 Å². The van der Waals surface area contributed by atoms with Crippen molar-refractivity contribution in [1.29, 1.82) is 0 Å². The third-order valence-corrected chi connectivity index (χ3v) is 4.64. The van der Waals surface area contributed by atoms with Crippen molar-refractivity contribution in [3.63, 3.8) is 0 Å². The van der Waals surface area contributed by atoms with Gasteiger partial charge in [0.25, 0.3) is 5.91 Å². The number of rotatable bonds is 6. The smallest absolute Gasteiger partial charge is 0.307 e. The molecule has 3 rings (SSSR count). The number of carbonyl (C=O) groups excluding carboxylic acids is 2. The van der Waals surface area contributed by atoms with Crippen LogP contribution in [0, 0.1) is 0 Å². The molecule has 0 radical (unpaired) electrons. The van der Waals surface area contributed by atoms with Crippen LogP contribution in [0.4, 0.5) is 0 Å². The molecule has 8 nitrogen and oxygen atoms in total. The zero-order chi connectivity index (χ0) is 18.5. The van der Waals surface area contributed by atoms with Crippen LogP contribution in [0.1, 0.15) is 48.5 Å². The molecule has 0 bridgehead atoms. The van der Waals surface area contributed by atoms with Crippen molar-refractivity contribution in [2.75, 3.05) is 19.8 Å². The molecule has 1 saturated heterocycles. The SMILES string of the molecule is CCOC(=O)CC1CCCCN1C(=O)c1cnn2cc(CCO)cnc12. The molecule has 8 heteroatoms. The Hall–Kier alpha value is -2.48. The van der Waals surface area contributed by atoms with E-state index in [2.05, 4.69) is 10.1 Å². The Morgan fingerprint density at radius 2 is 2.19 bits per heavy atom. The fourth-order valence-corrected chi connectivity index (χ4v) is 3.37. The first-order valence-corrected chi connectivity index (χ1v) is 9.03. The maximum absolute atomic E-state index is 13.1. The van der Waals surface area contributed by atoms with Gasteiger partial charge in [0.15, 0.2) is 5.65 Å². The first kappa shape index (κ1) is 18.3. The van der Waals surface area contributed by atoms with Crippen LogP contribution in [0.3, 0.4) is 0 Å². The largest absolute Gasteiger partial charge is 0.466 e. The number of ether oxygens (including phenoxy) is 1. The van der Waals surface area contributed by atoms with Crippen LogP contribution in [0.5, 0.6) is 0 Å². The summed E-state index contributed by atoms with van der Waals surface area (Å²) in [5, 5.41) is 13.3. The Morgan fingerprint density at radius 1 is 1.35 bits per heavy atom. The minimum absolute atomic E-state index is 0.0313. The zero-order valence-electron chi connectivity index (χ0n) is 14.9. The van der Waals surface area contributed by atoms with Crippen LogP contribution >= 0.6 is 0 Å². The van der Waals surface area contributed by atoms with Gasteiger partial charge >= 0.3 is 5.97 Å². The van der Waals surface area contributed by atoms with Gasteiger partial charge < -0.3 is 14.7 Å². The number of aliphatic hydroxyl groups excluding tert-OH is 1. The first-order valence-electron chi connectivity index (χ1n) is 9.03. The fourth-order valence-electron chi connectivity index (χ4n) is 3.37. The van der Waals surface area contributed by atoms with E-state index in [9.17, 15) is 9.59 Å². The van der Waals surface area contributed by atoms with E-state index in [-0.39, 0.29) is 30.9 Å². The molecule has 0 saturated carbocycles. The molecule has 0 aromatic carbocycles. The van der Waals surface area contributed by atoms with E-state index in [0.29, 0.717) is 30.8 Å². The van der Waals surface area contributed by atoms with Gasteiger partial charge in [-0.05, 0) is 38.2 Å². The van der Waals surface area contributed by atoms with Gasteiger partial charge in [-0.25, -0.2) is 9.50 Å². The number of likely N-dealkylation sites (tertiary alicyclic amines) is 1. The number of hydrogen-bond donors (Lipinski definition) is 1. The lowest BCUT2D eigenvalue weighted by atomic mass is 9.98. The standard InChI is InChI=1S/C18H24N4O4/c1-2-26-16(24)9-14-5-3-4-7-21(14)18(25)15-11-20-22-12-13(6-8-23)10-19-17(15)22/h10-12,14,23H,2-9H2,1H3. The van der Waals surface area contributed by atoms with Gasteiger partial charge in [-0.2, -0.15) is 5.10 Å². The van der Waals surface area contributed by atoms with E-state index < -0.39 is 0 Å². The highest BCUT2D eigenvalue weighted by Crippen LogP contribution is 2.23. The van der Waals surface area contributed by atoms with Crippen LogP contribution < -0.4 is 0 Å². The van der Waals surface area contributed by atoms with Crippen molar-refractivity contribution >= 4 is 17.5 Å². The van der Waals surface area contributed by atoms with Crippen molar-refractivity contribution in [1.82, 2.24) is 19.5 Å². The topological polar surface area (TPSA) is 97.0 Å². The predicted octanol–water partition coefficient (Wildman–Crippen LogP) is 1.21. The summed E-state index contributed by atoms with van der Waals surface area (Å²) in [4.78, 5) is 31.0. The van der Waals surface area contributed by atoms with Crippen LogP contribution in [0.25, 0.3) is 5.65 Å². The second-order valence-corrected chi connectivity index (χ2v) is 6.42. The molecule has 0 aliphatic carbocycles. The summed E-state index contributed by atoms with van der Waals surface area (Å²) < 4.78 is 6.60. The van der Waals surface area contributed by atoms with Gasteiger partial charge in [-0.1, -0.05) is 0 Å². The van der Waals surface area contributed by atoms with Crippen molar-refractivity contribution in [3.05, 3.63) is 29.7 Å². The number of aromatic nitrogens is 3. The molecule has 0 spiro atoms. The lowest BCUT2D eigenvalue weighted by Crippen LogP contribution is -2.45. The van der Waals surface area contributed by atoms with Crippen LogP contribution in [-0.2, 0) is 16.0 Å². The molecule has 1 atom stereocenters. The minimum atomic E-state index is -0.274. The Kier molecular flexibility index (Phi) is 5.82. The van der Waals surface area contributed by atoms with Crippen molar-refractivity contribution in [3.8, 4) is 0 Å². The molecule has 1 fully saturated rings. The van der Waals surface area contributed by atoms with E-state index >= 15 is 0 Å².